The fourth-order valence-corrected chi connectivity index (χ4v) is 4.34. The molecule has 0 aromatic heterocycles. The first-order valence-corrected chi connectivity index (χ1v) is 7.84. The van der Waals surface area contributed by atoms with E-state index in [4.69, 9.17) is 14.2 Å². The van der Waals surface area contributed by atoms with Crippen LogP contribution in [0, 0.1) is 23.7 Å². The Hall–Kier alpha value is -1.48. The van der Waals surface area contributed by atoms with E-state index in [1.165, 1.54) is 11.1 Å². The monoisotopic (exact) mass is 286 g/mol. The summed E-state index contributed by atoms with van der Waals surface area (Å²) < 4.78 is 17.2. The molecule has 3 heteroatoms. The molecule has 0 saturated carbocycles. The summed E-state index contributed by atoms with van der Waals surface area (Å²) in [6.45, 7) is 8.11. The molecule has 1 aromatic rings. The zero-order chi connectivity index (χ0) is 14.6. The van der Waals surface area contributed by atoms with Gasteiger partial charge in [0.25, 0.3) is 0 Å². The molecule has 21 heavy (non-hydrogen) atoms. The highest BCUT2D eigenvalue weighted by Gasteiger charge is 2.43. The van der Waals surface area contributed by atoms with Gasteiger partial charge in [-0.2, -0.15) is 0 Å². The SMILES string of the molecule is CC1=C[C@@H](C)[C@H]2CO[C@H](c3ccc4c(c3)OCO4)[C@@H]1[C@@H]2C. The third-order valence-electron chi connectivity index (χ3n) is 5.49. The predicted octanol–water partition coefficient (Wildman–Crippen LogP) is 3.95. The molecule has 1 aromatic carbocycles. The van der Waals surface area contributed by atoms with Gasteiger partial charge in [-0.15, -0.1) is 0 Å². The molecule has 0 N–H and O–H groups in total. The lowest BCUT2D eigenvalue weighted by atomic mass is 9.64. The molecule has 2 aliphatic heterocycles. The molecule has 1 saturated heterocycles. The van der Waals surface area contributed by atoms with Crippen LogP contribution in [0.5, 0.6) is 11.5 Å². The van der Waals surface area contributed by atoms with Gasteiger partial charge in [-0.05, 0) is 42.4 Å². The van der Waals surface area contributed by atoms with E-state index in [9.17, 15) is 0 Å². The van der Waals surface area contributed by atoms with Gasteiger partial charge in [0.1, 0.15) is 0 Å². The smallest absolute Gasteiger partial charge is 0.231 e. The van der Waals surface area contributed by atoms with Gasteiger partial charge < -0.3 is 14.2 Å². The summed E-state index contributed by atoms with van der Waals surface area (Å²) in [5, 5.41) is 0. The van der Waals surface area contributed by atoms with Crippen LogP contribution in [0.4, 0.5) is 0 Å². The zero-order valence-corrected chi connectivity index (χ0v) is 12.8. The van der Waals surface area contributed by atoms with Crippen LogP contribution in [0.25, 0.3) is 0 Å². The van der Waals surface area contributed by atoms with Crippen LogP contribution in [0.15, 0.2) is 29.8 Å². The molecule has 112 valence electrons. The number of allylic oxidation sites excluding steroid dienone is 1. The van der Waals surface area contributed by atoms with Crippen molar-refractivity contribution in [3.8, 4) is 11.5 Å². The van der Waals surface area contributed by atoms with Gasteiger partial charge >= 0.3 is 0 Å². The number of hydrogen-bond donors (Lipinski definition) is 0. The third kappa shape index (κ3) is 1.98. The fraction of sp³-hybridized carbons (Fsp3) is 0.556. The lowest BCUT2D eigenvalue weighted by Gasteiger charge is -2.47. The Labute approximate surface area is 125 Å². The molecular formula is C18H22O3. The Morgan fingerprint density at radius 3 is 2.76 bits per heavy atom. The zero-order valence-electron chi connectivity index (χ0n) is 12.8. The molecule has 0 unspecified atom stereocenters. The molecule has 2 heterocycles. The summed E-state index contributed by atoms with van der Waals surface area (Å²) in [4.78, 5) is 0. The molecule has 3 nitrogen and oxygen atoms in total. The topological polar surface area (TPSA) is 27.7 Å². The van der Waals surface area contributed by atoms with Crippen LogP contribution in [-0.4, -0.2) is 13.4 Å². The second-order valence-corrected chi connectivity index (χ2v) is 6.69. The molecule has 4 rings (SSSR count). The van der Waals surface area contributed by atoms with Crippen LogP contribution in [0.2, 0.25) is 0 Å². The largest absolute Gasteiger partial charge is 0.454 e. The molecule has 0 radical (unpaired) electrons. The number of ether oxygens (including phenoxy) is 3. The molecule has 1 fully saturated rings. The van der Waals surface area contributed by atoms with Crippen molar-refractivity contribution in [3.05, 3.63) is 35.4 Å². The Balaban J connectivity index is 1.71. The first-order valence-electron chi connectivity index (χ1n) is 7.84. The lowest BCUT2D eigenvalue weighted by Crippen LogP contribution is -2.42. The molecule has 0 spiro atoms. The lowest BCUT2D eigenvalue weighted by molar-refractivity contribution is -0.0934. The van der Waals surface area contributed by atoms with Crippen LogP contribution in [-0.2, 0) is 4.74 Å². The third-order valence-corrected chi connectivity index (χ3v) is 5.49. The Morgan fingerprint density at radius 1 is 1.10 bits per heavy atom. The van der Waals surface area contributed by atoms with Crippen molar-refractivity contribution in [2.75, 3.05) is 13.4 Å². The van der Waals surface area contributed by atoms with Crippen LogP contribution in [0.3, 0.4) is 0 Å². The van der Waals surface area contributed by atoms with Gasteiger partial charge in [-0.3, -0.25) is 0 Å². The average molecular weight is 286 g/mol. The van der Waals surface area contributed by atoms with Crippen molar-refractivity contribution in [2.24, 2.45) is 23.7 Å². The summed E-state index contributed by atoms with van der Waals surface area (Å²) in [6, 6.07) is 6.21. The highest BCUT2D eigenvalue weighted by Crippen LogP contribution is 2.50. The first-order chi connectivity index (χ1) is 10.1. The molecule has 1 aliphatic carbocycles. The Morgan fingerprint density at radius 2 is 1.90 bits per heavy atom. The highest BCUT2D eigenvalue weighted by atomic mass is 16.7. The summed E-state index contributed by atoms with van der Waals surface area (Å²) in [5.74, 6) is 4.08. The second kappa shape index (κ2) is 4.77. The number of hydrogen-bond acceptors (Lipinski definition) is 3. The van der Waals surface area contributed by atoms with E-state index in [0.717, 1.165) is 18.1 Å². The Kier molecular flexibility index (Phi) is 3.00. The van der Waals surface area contributed by atoms with Crippen LogP contribution >= 0.6 is 0 Å². The average Bonchev–Trinajstić information content (AvgIpc) is 2.91. The maximum absolute atomic E-state index is 6.26. The summed E-state index contributed by atoms with van der Waals surface area (Å²) in [6.07, 6.45) is 2.58. The van der Waals surface area contributed by atoms with Gasteiger partial charge in [0.15, 0.2) is 11.5 Å². The van der Waals surface area contributed by atoms with E-state index in [0.29, 0.717) is 30.5 Å². The van der Waals surface area contributed by atoms with Gasteiger partial charge in [-0.25, -0.2) is 0 Å². The minimum Gasteiger partial charge on any atom is -0.454 e. The molecule has 5 atom stereocenters. The van der Waals surface area contributed by atoms with Gasteiger partial charge in [0, 0.05) is 5.92 Å². The van der Waals surface area contributed by atoms with E-state index < -0.39 is 0 Å². The van der Waals surface area contributed by atoms with Crippen molar-refractivity contribution in [3.63, 3.8) is 0 Å². The first kappa shape index (κ1) is 13.2. The van der Waals surface area contributed by atoms with E-state index >= 15 is 0 Å². The van der Waals surface area contributed by atoms with E-state index in [-0.39, 0.29) is 6.10 Å². The molecule has 0 amide bonds. The van der Waals surface area contributed by atoms with Crippen molar-refractivity contribution in [1.82, 2.24) is 0 Å². The van der Waals surface area contributed by atoms with Crippen molar-refractivity contribution < 1.29 is 14.2 Å². The standard InChI is InChI=1S/C18H22O3/c1-10-6-11(2)17-12(3)14(10)8-19-18(17)13-4-5-15-16(7-13)21-9-20-15/h4-7,10,12,14,17-18H,8-9H2,1-3H3/t10-,12-,14-,17+,18-/m1/s1. The molecule has 3 aliphatic rings. The van der Waals surface area contributed by atoms with Gasteiger partial charge in [-0.1, -0.05) is 31.6 Å². The highest BCUT2D eigenvalue weighted by molar-refractivity contribution is 5.45. The number of fused-ring (bicyclic) bond motifs is 3. The van der Waals surface area contributed by atoms with Crippen molar-refractivity contribution >= 4 is 0 Å². The maximum atomic E-state index is 6.26. The minimum absolute atomic E-state index is 0.134. The summed E-state index contributed by atoms with van der Waals surface area (Å²) >= 11 is 0. The second-order valence-electron chi connectivity index (χ2n) is 6.69. The normalized spacial score (nSPS) is 37.3. The fourth-order valence-electron chi connectivity index (χ4n) is 4.34. The van der Waals surface area contributed by atoms with Crippen molar-refractivity contribution in [2.45, 2.75) is 26.9 Å². The Bertz CT molecular complexity index is 592. The van der Waals surface area contributed by atoms with E-state index in [1.807, 2.05) is 6.07 Å². The van der Waals surface area contributed by atoms with Gasteiger partial charge in [0.05, 0.1) is 12.7 Å². The summed E-state index contributed by atoms with van der Waals surface area (Å²) in [5.41, 5.74) is 2.67. The van der Waals surface area contributed by atoms with Gasteiger partial charge in [0.2, 0.25) is 6.79 Å². The van der Waals surface area contributed by atoms with Crippen LogP contribution in [0.1, 0.15) is 32.4 Å². The van der Waals surface area contributed by atoms with Crippen LogP contribution < -0.4 is 9.47 Å². The van der Waals surface area contributed by atoms with E-state index in [2.05, 4.69) is 39.0 Å². The quantitative estimate of drug-likeness (QED) is 0.732. The summed E-state index contributed by atoms with van der Waals surface area (Å²) in [7, 11) is 0. The maximum Gasteiger partial charge on any atom is 0.231 e. The number of rotatable bonds is 1. The molecular weight excluding hydrogens is 264 g/mol. The minimum atomic E-state index is 0.134. The molecule has 2 bridgehead atoms. The van der Waals surface area contributed by atoms with Crippen molar-refractivity contribution in [1.29, 1.82) is 0 Å². The predicted molar refractivity (Wildman–Crippen MR) is 80.3 cm³/mol. The number of benzene rings is 1. The van der Waals surface area contributed by atoms with E-state index in [1.54, 1.807) is 0 Å².